The van der Waals surface area contributed by atoms with Crippen LogP contribution >= 0.6 is 0 Å². The summed E-state index contributed by atoms with van der Waals surface area (Å²) in [5.74, 6) is 0.365. The highest BCUT2D eigenvalue weighted by Gasteiger charge is 2.38. The summed E-state index contributed by atoms with van der Waals surface area (Å²) in [5.41, 5.74) is 1.90. The molecule has 1 unspecified atom stereocenters. The van der Waals surface area contributed by atoms with Gasteiger partial charge in [-0.05, 0) is 62.8 Å². The minimum Gasteiger partial charge on any atom is -0.309 e. The number of nitrogens with zero attached hydrogens (tertiary/aromatic N) is 3. The van der Waals surface area contributed by atoms with E-state index >= 15 is 0 Å². The molecular weight excluding hydrogens is 410 g/mol. The number of piperazine rings is 1. The molecule has 3 fully saturated rings. The molecular formula is C24H35N3O3S. The van der Waals surface area contributed by atoms with Crippen molar-refractivity contribution >= 4 is 21.6 Å². The van der Waals surface area contributed by atoms with Crippen molar-refractivity contribution in [3.63, 3.8) is 0 Å². The zero-order valence-electron chi connectivity index (χ0n) is 18.6. The smallest absolute Gasteiger partial charge is 0.243 e. The zero-order valence-corrected chi connectivity index (χ0v) is 19.4. The first-order chi connectivity index (χ1) is 14.9. The van der Waals surface area contributed by atoms with Gasteiger partial charge in [0.05, 0.1) is 4.90 Å². The highest BCUT2D eigenvalue weighted by Crippen LogP contribution is 2.38. The van der Waals surface area contributed by atoms with E-state index in [0.29, 0.717) is 24.0 Å². The lowest BCUT2D eigenvalue weighted by molar-refractivity contribution is -0.125. The minimum atomic E-state index is -3.50. The second kappa shape index (κ2) is 8.49. The molecule has 1 aromatic rings. The Morgan fingerprint density at radius 1 is 0.935 bits per heavy atom. The lowest BCUT2D eigenvalue weighted by atomic mass is 9.84. The molecule has 5 rings (SSSR count). The van der Waals surface area contributed by atoms with Gasteiger partial charge in [0.25, 0.3) is 0 Å². The molecule has 2 saturated carbocycles. The van der Waals surface area contributed by atoms with Gasteiger partial charge in [0.2, 0.25) is 15.9 Å². The first-order valence-corrected chi connectivity index (χ1v) is 13.6. The second-order valence-electron chi connectivity index (χ2n) is 9.91. The summed E-state index contributed by atoms with van der Waals surface area (Å²) >= 11 is 0. The van der Waals surface area contributed by atoms with E-state index in [2.05, 4.69) is 11.8 Å². The maximum atomic E-state index is 13.4. The molecule has 4 aliphatic rings. The van der Waals surface area contributed by atoms with E-state index in [9.17, 15) is 13.2 Å². The third-order valence-corrected chi connectivity index (χ3v) is 9.86. The van der Waals surface area contributed by atoms with Gasteiger partial charge in [0, 0.05) is 49.9 Å². The average Bonchev–Trinajstić information content (AvgIpc) is 3.08. The summed E-state index contributed by atoms with van der Waals surface area (Å²) in [7, 11) is -3.50. The molecule has 0 N–H and O–H groups in total. The maximum Gasteiger partial charge on any atom is 0.243 e. The molecule has 0 spiro atoms. The van der Waals surface area contributed by atoms with Crippen molar-refractivity contribution in [1.29, 1.82) is 0 Å². The normalized spacial score (nSPS) is 26.6. The van der Waals surface area contributed by atoms with Crippen molar-refractivity contribution in [2.45, 2.75) is 81.7 Å². The zero-order chi connectivity index (χ0) is 21.6. The van der Waals surface area contributed by atoms with Gasteiger partial charge in [0.1, 0.15) is 0 Å². The average molecular weight is 446 g/mol. The topological polar surface area (TPSA) is 60.9 Å². The van der Waals surface area contributed by atoms with Crippen LogP contribution in [0.2, 0.25) is 0 Å². The quantitative estimate of drug-likeness (QED) is 0.713. The van der Waals surface area contributed by atoms with Gasteiger partial charge >= 0.3 is 0 Å². The van der Waals surface area contributed by atoms with Crippen molar-refractivity contribution in [2.75, 3.05) is 31.1 Å². The van der Waals surface area contributed by atoms with Crippen LogP contribution in [0.5, 0.6) is 0 Å². The van der Waals surface area contributed by atoms with E-state index in [-0.39, 0.29) is 17.9 Å². The molecule has 0 bridgehead atoms. The van der Waals surface area contributed by atoms with E-state index in [1.165, 1.54) is 32.1 Å². The van der Waals surface area contributed by atoms with Crippen LogP contribution in [0.1, 0.15) is 63.9 Å². The molecule has 1 saturated heterocycles. The van der Waals surface area contributed by atoms with Crippen LogP contribution < -0.4 is 4.90 Å². The number of hydrogen-bond acceptors (Lipinski definition) is 4. The summed E-state index contributed by atoms with van der Waals surface area (Å²) in [6, 6.07) is 6.13. The van der Waals surface area contributed by atoms with Gasteiger partial charge in [-0.25, -0.2) is 8.42 Å². The molecule has 1 amide bonds. The third-order valence-electron chi connectivity index (χ3n) is 7.96. The molecule has 2 aliphatic carbocycles. The summed E-state index contributed by atoms with van der Waals surface area (Å²) < 4.78 is 28.4. The molecule has 2 heterocycles. The van der Waals surface area contributed by atoms with Gasteiger partial charge in [-0.3, -0.25) is 9.69 Å². The summed E-state index contributed by atoms with van der Waals surface area (Å²) in [5, 5.41) is 0. The highest BCUT2D eigenvalue weighted by atomic mass is 32.2. The summed E-state index contributed by atoms with van der Waals surface area (Å²) in [6.07, 6.45) is 10.3. The van der Waals surface area contributed by atoms with Gasteiger partial charge in [-0.2, -0.15) is 4.31 Å². The third kappa shape index (κ3) is 3.93. The molecule has 1 atom stereocenters. The van der Waals surface area contributed by atoms with Crippen LogP contribution in [0, 0.1) is 5.92 Å². The van der Waals surface area contributed by atoms with E-state index in [1.54, 1.807) is 10.4 Å². The number of amides is 1. The summed E-state index contributed by atoms with van der Waals surface area (Å²) in [4.78, 5) is 17.7. The predicted octanol–water partition coefficient (Wildman–Crippen LogP) is 3.40. The Hall–Kier alpha value is -1.44. The van der Waals surface area contributed by atoms with Crippen LogP contribution in [0.15, 0.2) is 23.1 Å². The van der Waals surface area contributed by atoms with E-state index in [1.807, 2.05) is 17.0 Å². The fourth-order valence-corrected chi connectivity index (χ4v) is 7.33. The van der Waals surface area contributed by atoms with Crippen molar-refractivity contribution in [3.8, 4) is 0 Å². The van der Waals surface area contributed by atoms with Crippen molar-refractivity contribution in [2.24, 2.45) is 5.92 Å². The van der Waals surface area contributed by atoms with Crippen molar-refractivity contribution in [1.82, 2.24) is 9.21 Å². The Balaban J connectivity index is 1.29. The number of benzene rings is 1. The fourth-order valence-electron chi connectivity index (χ4n) is 5.86. The molecule has 31 heavy (non-hydrogen) atoms. The van der Waals surface area contributed by atoms with E-state index in [4.69, 9.17) is 0 Å². The molecule has 2 aliphatic heterocycles. The number of anilines is 1. The molecule has 1 aromatic carbocycles. The first-order valence-electron chi connectivity index (χ1n) is 12.2. The fraction of sp³-hybridized carbons (Fsp3) is 0.708. The van der Waals surface area contributed by atoms with Gasteiger partial charge in [-0.15, -0.1) is 0 Å². The van der Waals surface area contributed by atoms with Crippen LogP contribution in [0.25, 0.3) is 0 Å². The highest BCUT2D eigenvalue weighted by molar-refractivity contribution is 7.89. The number of sulfonamides is 1. The molecule has 0 radical (unpaired) electrons. The minimum absolute atomic E-state index is 0.0973. The lowest BCUT2D eigenvalue weighted by Crippen LogP contribution is -2.52. The van der Waals surface area contributed by atoms with Gasteiger partial charge in [0.15, 0.2) is 0 Å². The Morgan fingerprint density at radius 3 is 2.29 bits per heavy atom. The Kier molecular flexibility index (Phi) is 5.86. The first kappa shape index (κ1) is 21.4. The van der Waals surface area contributed by atoms with Gasteiger partial charge < -0.3 is 4.90 Å². The number of carbonyl (C=O) groups excluding carboxylic acids is 1. The van der Waals surface area contributed by atoms with Crippen LogP contribution in [-0.2, 0) is 21.2 Å². The Labute approximate surface area is 186 Å². The maximum absolute atomic E-state index is 13.4. The predicted molar refractivity (Wildman–Crippen MR) is 122 cm³/mol. The summed E-state index contributed by atoms with van der Waals surface area (Å²) in [6.45, 7) is 4.86. The molecule has 0 aromatic heterocycles. The molecule has 170 valence electrons. The van der Waals surface area contributed by atoms with Crippen molar-refractivity contribution in [3.05, 3.63) is 23.8 Å². The largest absolute Gasteiger partial charge is 0.309 e. The Bertz CT molecular complexity index is 929. The number of rotatable bonds is 4. The van der Waals surface area contributed by atoms with Gasteiger partial charge in [-0.1, -0.05) is 25.7 Å². The monoisotopic (exact) mass is 445 g/mol. The molecule has 7 heteroatoms. The second-order valence-corrected chi connectivity index (χ2v) is 11.8. The standard InChI is InChI=1S/C24H35N3O3S/c1-18-16-20-17-22(10-11-23(20)27(18)24(28)19-6-5-7-19)31(29,30)26-14-12-25(13-15-26)21-8-3-2-4-9-21/h10-11,17-19,21H,2-9,12-16H2,1H3. The van der Waals surface area contributed by atoms with Crippen molar-refractivity contribution < 1.29 is 13.2 Å². The number of fused-ring (bicyclic) bond motifs is 1. The van der Waals surface area contributed by atoms with Crippen LogP contribution in [0.4, 0.5) is 5.69 Å². The van der Waals surface area contributed by atoms with E-state index in [0.717, 1.165) is 50.0 Å². The SMILES string of the molecule is CC1Cc2cc(S(=O)(=O)N3CCN(C4CCCCC4)CC3)ccc2N1C(=O)C1CCC1. The number of carbonyl (C=O) groups is 1. The molecule has 6 nitrogen and oxygen atoms in total. The van der Waals surface area contributed by atoms with E-state index < -0.39 is 10.0 Å². The Morgan fingerprint density at radius 2 is 1.65 bits per heavy atom. The van der Waals surface area contributed by atoms with Crippen LogP contribution in [-0.4, -0.2) is 61.8 Å². The number of hydrogen-bond donors (Lipinski definition) is 0. The lowest BCUT2D eigenvalue weighted by Gasteiger charge is -2.40. The van der Waals surface area contributed by atoms with Crippen LogP contribution in [0.3, 0.4) is 0 Å².